The molecule has 0 unspecified atom stereocenters. The molecule has 0 bridgehead atoms. The lowest BCUT2D eigenvalue weighted by molar-refractivity contribution is -0.138. The van der Waals surface area contributed by atoms with Crippen LogP contribution in [0.15, 0.2) is 29.8 Å². The van der Waals surface area contributed by atoms with Crippen molar-refractivity contribution in [2.45, 2.75) is 20.3 Å². The molecule has 1 aliphatic carbocycles. The number of methoxy groups -OCH3 is 1. The number of Topliss-reactive ketones (excluding diaryl/α,β-unsaturated/α-hetero) is 1. The summed E-state index contributed by atoms with van der Waals surface area (Å²) in [7, 11) is 1.43. The number of rotatable bonds is 4. The van der Waals surface area contributed by atoms with Crippen molar-refractivity contribution in [3.63, 3.8) is 0 Å². The molecule has 0 aliphatic heterocycles. The molecule has 0 radical (unpaired) electrons. The van der Waals surface area contributed by atoms with Crippen LogP contribution in [0.5, 0.6) is 5.75 Å². The number of allylic oxidation sites excluding steroid dienone is 2. The first kappa shape index (κ1) is 15.0. The number of benzene rings is 1. The second kappa shape index (κ2) is 5.16. The Kier molecular flexibility index (Phi) is 3.68. The van der Waals surface area contributed by atoms with E-state index >= 15 is 0 Å². The van der Waals surface area contributed by atoms with Crippen LogP contribution >= 0.6 is 0 Å². The lowest BCUT2D eigenvalue weighted by Gasteiger charge is -2.28. The van der Waals surface area contributed by atoms with Crippen molar-refractivity contribution in [3.8, 4) is 5.75 Å². The van der Waals surface area contributed by atoms with Crippen molar-refractivity contribution in [2.24, 2.45) is 5.41 Å². The van der Waals surface area contributed by atoms with Gasteiger partial charge in [-0.1, -0.05) is 26.0 Å². The summed E-state index contributed by atoms with van der Waals surface area (Å²) in [6.07, 6.45) is 1.01. The molecule has 0 spiro atoms. The van der Waals surface area contributed by atoms with E-state index in [1.165, 1.54) is 13.2 Å². The van der Waals surface area contributed by atoms with Gasteiger partial charge in [-0.05, 0) is 12.1 Å². The first-order valence-corrected chi connectivity index (χ1v) is 6.48. The first-order valence-electron chi connectivity index (χ1n) is 6.48. The maximum atomic E-state index is 12.6. The van der Waals surface area contributed by atoms with Gasteiger partial charge in [-0.15, -0.1) is 0 Å². The zero-order valence-corrected chi connectivity index (χ0v) is 12.1. The van der Waals surface area contributed by atoms with Crippen LogP contribution in [0.1, 0.15) is 41.0 Å². The van der Waals surface area contributed by atoms with Gasteiger partial charge in [0.1, 0.15) is 5.75 Å². The van der Waals surface area contributed by atoms with E-state index in [1.54, 1.807) is 32.0 Å². The highest BCUT2D eigenvalue weighted by molar-refractivity contribution is 6.26. The number of ketones is 2. The number of carboxylic acids is 1. The van der Waals surface area contributed by atoms with Gasteiger partial charge in [0.25, 0.3) is 0 Å². The van der Waals surface area contributed by atoms with E-state index in [0.29, 0.717) is 5.75 Å². The number of carboxylic acid groups (broad SMARTS) is 1. The average molecular weight is 288 g/mol. The van der Waals surface area contributed by atoms with Crippen molar-refractivity contribution >= 4 is 17.5 Å². The number of carbonyl (C=O) groups excluding carboxylic acids is 2. The number of hydrogen-bond donors (Lipinski definition) is 1. The van der Waals surface area contributed by atoms with E-state index in [0.717, 1.165) is 0 Å². The fourth-order valence-corrected chi connectivity index (χ4v) is 2.53. The van der Waals surface area contributed by atoms with Crippen LogP contribution in [0.3, 0.4) is 0 Å². The fraction of sp³-hybridized carbons (Fsp3) is 0.312. The second-order valence-electron chi connectivity index (χ2n) is 5.59. The Morgan fingerprint density at radius 1 is 1.29 bits per heavy atom. The number of hydrogen-bond acceptors (Lipinski definition) is 4. The Hall–Kier alpha value is -2.43. The molecular formula is C16H16O5. The molecule has 0 heterocycles. The molecule has 21 heavy (non-hydrogen) atoms. The number of fused-ring (bicyclic) bond motifs is 1. The molecular weight excluding hydrogens is 272 g/mol. The van der Waals surface area contributed by atoms with Gasteiger partial charge in [0.2, 0.25) is 0 Å². The van der Waals surface area contributed by atoms with Crippen molar-refractivity contribution in [3.05, 3.63) is 41.0 Å². The maximum Gasteiger partial charge on any atom is 0.304 e. The van der Waals surface area contributed by atoms with Gasteiger partial charge in [0.05, 0.1) is 19.1 Å². The van der Waals surface area contributed by atoms with Crippen LogP contribution < -0.4 is 4.74 Å². The molecule has 1 aromatic carbocycles. The summed E-state index contributed by atoms with van der Waals surface area (Å²) in [6, 6.07) is 4.81. The lowest BCUT2D eigenvalue weighted by Crippen LogP contribution is -2.29. The third kappa shape index (κ3) is 2.59. The van der Waals surface area contributed by atoms with Gasteiger partial charge >= 0.3 is 5.97 Å². The summed E-state index contributed by atoms with van der Waals surface area (Å²) >= 11 is 0. The molecule has 0 fully saturated rings. The van der Waals surface area contributed by atoms with Crippen molar-refractivity contribution in [1.82, 2.24) is 0 Å². The van der Waals surface area contributed by atoms with Crippen molar-refractivity contribution in [1.29, 1.82) is 0 Å². The highest BCUT2D eigenvalue weighted by atomic mass is 16.5. The zero-order chi connectivity index (χ0) is 15.8. The summed E-state index contributed by atoms with van der Waals surface area (Å²) in [5, 5.41) is 8.97. The molecule has 0 saturated carbocycles. The average Bonchev–Trinajstić information content (AvgIpc) is 2.40. The minimum absolute atomic E-state index is 0.218. The van der Waals surface area contributed by atoms with E-state index in [2.05, 4.69) is 0 Å². The summed E-state index contributed by atoms with van der Waals surface area (Å²) < 4.78 is 5.12. The Morgan fingerprint density at radius 2 is 1.95 bits per heavy atom. The van der Waals surface area contributed by atoms with E-state index in [-0.39, 0.29) is 34.7 Å². The Bertz CT molecular complexity index is 667. The molecule has 0 atom stereocenters. The fourth-order valence-electron chi connectivity index (χ4n) is 2.53. The van der Waals surface area contributed by atoms with Crippen LogP contribution in [-0.4, -0.2) is 29.8 Å². The van der Waals surface area contributed by atoms with Crippen LogP contribution in [-0.2, 0) is 4.79 Å². The van der Waals surface area contributed by atoms with Crippen LogP contribution in [0.25, 0.3) is 0 Å². The summed E-state index contributed by atoms with van der Waals surface area (Å²) in [4.78, 5) is 35.8. The van der Waals surface area contributed by atoms with Gasteiger partial charge in [-0.2, -0.15) is 0 Å². The Balaban J connectivity index is 2.54. The summed E-state index contributed by atoms with van der Waals surface area (Å²) in [6.45, 7) is 3.28. The van der Waals surface area contributed by atoms with E-state index in [4.69, 9.17) is 9.84 Å². The Labute approximate surface area is 122 Å². The molecule has 1 aliphatic rings. The lowest BCUT2D eigenvalue weighted by atomic mass is 9.73. The molecule has 5 nitrogen and oxygen atoms in total. The molecule has 1 aromatic rings. The smallest absolute Gasteiger partial charge is 0.304 e. The summed E-state index contributed by atoms with van der Waals surface area (Å²) in [5.74, 6) is -1.33. The van der Waals surface area contributed by atoms with Crippen LogP contribution in [0.4, 0.5) is 0 Å². The third-order valence-corrected chi connectivity index (χ3v) is 3.58. The van der Waals surface area contributed by atoms with Crippen molar-refractivity contribution < 1.29 is 24.2 Å². The predicted molar refractivity (Wildman–Crippen MR) is 75.8 cm³/mol. The third-order valence-electron chi connectivity index (χ3n) is 3.58. The maximum absolute atomic E-state index is 12.6. The molecule has 0 saturated heterocycles. The quantitative estimate of drug-likeness (QED) is 0.920. The number of ether oxygens (including phenoxy) is 1. The van der Waals surface area contributed by atoms with E-state index < -0.39 is 11.4 Å². The number of aliphatic carboxylic acids is 1. The monoisotopic (exact) mass is 288 g/mol. The molecule has 110 valence electrons. The highest BCUT2D eigenvalue weighted by Crippen LogP contribution is 2.38. The van der Waals surface area contributed by atoms with Crippen LogP contribution in [0.2, 0.25) is 0 Å². The van der Waals surface area contributed by atoms with Gasteiger partial charge in [0, 0.05) is 16.6 Å². The Morgan fingerprint density at radius 3 is 2.52 bits per heavy atom. The standard InChI is InChI=1S/C16H16O5/c1-16(2,8-13(18)19)10-7-11(17)14-9(15(10)20)5-4-6-12(14)21-3/h4-7H,8H2,1-3H3,(H,18,19). The van der Waals surface area contributed by atoms with E-state index in [9.17, 15) is 14.4 Å². The summed E-state index contributed by atoms with van der Waals surface area (Å²) in [5.41, 5.74) is -0.204. The number of carbonyl (C=O) groups is 3. The van der Waals surface area contributed by atoms with Gasteiger partial charge in [-0.25, -0.2) is 0 Å². The largest absolute Gasteiger partial charge is 0.496 e. The van der Waals surface area contributed by atoms with Gasteiger partial charge in [-0.3, -0.25) is 14.4 Å². The first-order chi connectivity index (χ1) is 9.77. The molecule has 0 amide bonds. The normalized spacial score (nSPS) is 14.5. The van der Waals surface area contributed by atoms with Gasteiger partial charge < -0.3 is 9.84 Å². The molecule has 1 N–H and O–H groups in total. The topological polar surface area (TPSA) is 80.7 Å². The van der Waals surface area contributed by atoms with Gasteiger partial charge in [0.15, 0.2) is 11.6 Å². The molecule has 5 heteroatoms. The van der Waals surface area contributed by atoms with Crippen LogP contribution in [0, 0.1) is 5.41 Å². The van der Waals surface area contributed by atoms with E-state index in [1.807, 2.05) is 0 Å². The minimum atomic E-state index is -1.02. The predicted octanol–water partition coefficient (Wildman–Crippen LogP) is 2.50. The molecule has 0 aromatic heterocycles. The molecule has 2 rings (SSSR count). The van der Waals surface area contributed by atoms with Crippen molar-refractivity contribution in [2.75, 3.05) is 7.11 Å². The SMILES string of the molecule is COc1cccc2c1C(=O)C=C(C(C)(C)CC(=O)O)C2=O. The minimum Gasteiger partial charge on any atom is -0.496 e. The second-order valence-corrected chi connectivity index (χ2v) is 5.59. The highest BCUT2D eigenvalue weighted by Gasteiger charge is 2.37. The zero-order valence-electron chi connectivity index (χ0n) is 12.1.